The molecule has 1 fully saturated rings. The molecule has 0 saturated carbocycles. The van der Waals surface area contributed by atoms with Crippen molar-refractivity contribution in [2.75, 3.05) is 18.4 Å². The lowest BCUT2D eigenvalue weighted by Gasteiger charge is -2.29. The molecule has 0 unspecified atom stereocenters. The van der Waals surface area contributed by atoms with Crippen LogP contribution in [0.25, 0.3) is 11.3 Å². The summed E-state index contributed by atoms with van der Waals surface area (Å²) in [6.45, 7) is 0.643. The number of anilines is 1. The minimum absolute atomic E-state index is 0.147. The van der Waals surface area contributed by atoms with E-state index in [1.54, 1.807) is 35.7 Å². The zero-order valence-electron chi connectivity index (χ0n) is 15.5. The van der Waals surface area contributed by atoms with Crippen LogP contribution in [0.15, 0.2) is 45.3 Å². The predicted octanol–water partition coefficient (Wildman–Crippen LogP) is 5.22. The zero-order chi connectivity index (χ0) is 21.3. The summed E-state index contributed by atoms with van der Waals surface area (Å²) in [5.41, 5.74) is 1.40. The van der Waals surface area contributed by atoms with Crippen LogP contribution in [-0.4, -0.2) is 36.7 Å². The lowest BCUT2D eigenvalue weighted by atomic mass is 9.97. The van der Waals surface area contributed by atoms with Crippen LogP contribution in [0.4, 0.5) is 5.13 Å². The Bertz CT molecular complexity index is 1150. The third-order valence-electron chi connectivity index (χ3n) is 4.86. The fourth-order valence-electron chi connectivity index (χ4n) is 3.26. The van der Waals surface area contributed by atoms with Crippen LogP contribution in [0.3, 0.4) is 0 Å². The first kappa shape index (κ1) is 21.7. The molecule has 0 aliphatic carbocycles. The van der Waals surface area contributed by atoms with Crippen LogP contribution in [-0.2, 0) is 14.8 Å². The number of aromatic nitrogens is 1. The van der Waals surface area contributed by atoms with Gasteiger partial charge in [-0.1, -0.05) is 29.3 Å². The minimum atomic E-state index is -3.47. The fraction of sp³-hybridized carbons (Fsp3) is 0.263. The van der Waals surface area contributed by atoms with Crippen LogP contribution in [0.5, 0.6) is 0 Å². The van der Waals surface area contributed by atoms with E-state index in [4.69, 9.17) is 23.2 Å². The topological polar surface area (TPSA) is 79.4 Å². The third-order valence-corrected chi connectivity index (χ3v) is 9.43. The van der Waals surface area contributed by atoms with Crippen LogP contribution in [0.2, 0.25) is 10.0 Å². The fourth-order valence-corrected chi connectivity index (χ4v) is 7.09. The molecule has 30 heavy (non-hydrogen) atoms. The number of nitrogens with one attached hydrogen (secondary N) is 1. The van der Waals surface area contributed by atoms with Crippen LogP contribution in [0, 0.1) is 5.92 Å². The number of carbonyl (C=O) groups excluding carboxylic acids is 1. The van der Waals surface area contributed by atoms with Gasteiger partial charge < -0.3 is 5.32 Å². The Morgan fingerprint density at radius 2 is 1.93 bits per heavy atom. The van der Waals surface area contributed by atoms with Gasteiger partial charge in [-0.15, -0.1) is 22.7 Å². The van der Waals surface area contributed by atoms with E-state index in [9.17, 15) is 13.2 Å². The molecule has 1 N–H and O–H groups in total. The van der Waals surface area contributed by atoms with Gasteiger partial charge in [0.25, 0.3) is 10.0 Å². The standard InChI is InChI=1S/C19H17Cl2N3O3S3/c20-13-3-4-14(15(21)10-13)16-11-29-19(22-16)23-18(25)12-5-7-24(8-6-12)30(26,27)17-2-1-9-28-17/h1-4,9-12H,5-8H2,(H,22,23,25). The van der Waals surface area contributed by atoms with Gasteiger partial charge in [-0.2, -0.15) is 4.31 Å². The summed E-state index contributed by atoms with van der Waals surface area (Å²) in [6, 6.07) is 8.49. The number of amides is 1. The molecule has 0 atom stereocenters. The van der Waals surface area contributed by atoms with E-state index in [1.165, 1.54) is 27.0 Å². The van der Waals surface area contributed by atoms with Gasteiger partial charge in [0, 0.05) is 35.0 Å². The number of rotatable bonds is 5. The van der Waals surface area contributed by atoms with Crippen LogP contribution < -0.4 is 5.32 Å². The molecule has 6 nitrogen and oxygen atoms in total. The van der Waals surface area contributed by atoms with Gasteiger partial charge in [0.1, 0.15) is 4.21 Å². The average Bonchev–Trinajstić information content (AvgIpc) is 3.41. The van der Waals surface area contributed by atoms with Crippen molar-refractivity contribution in [2.45, 2.75) is 17.1 Å². The second-order valence-corrected chi connectivity index (χ2v) is 11.6. The number of thiophene rings is 1. The normalized spacial score (nSPS) is 15.9. The number of hydrogen-bond donors (Lipinski definition) is 1. The maximum atomic E-state index is 12.7. The van der Waals surface area contributed by atoms with Gasteiger partial charge in [0.15, 0.2) is 5.13 Å². The van der Waals surface area contributed by atoms with Crippen LogP contribution in [0.1, 0.15) is 12.8 Å². The van der Waals surface area contributed by atoms with Gasteiger partial charge in [0.2, 0.25) is 5.91 Å². The molecule has 3 heterocycles. The van der Waals surface area contributed by atoms with Gasteiger partial charge in [-0.3, -0.25) is 4.79 Å². The lowest BCUT2D eigenvalue weighted by Crippen LogP contribution is -2.41. The smallest absolute Gasteiger partial charge is 0.252 e. The number of carbonyl (C=O) groups is 1. The summed E-state index contributed by atoms with van der Waals surface area (Å²) >= 11 is 14.7. The highest BCUT2D eigenvalue weighted by Crippen LogP contribution is 2.33. The highest BCUT2D eigenvalue weighted by atomic mass is 35.5. The maximum absolute atomic E-state index is 12.7. The third kappa shape index (κ3) is 4.56. The second-order valence-electron chi connectivity index (χ2n) is 6.76. The number of halogens is 2. The van der Waals surface area contributed by atoms with Crippen molar-refractivity contribution >= 4 is 66.9 Å². The second kappa shape index (κ2) is 8.94. The lowest BCUT2D eigenvalue weighted by molar-refractivity contribution is -0.120. The maximum Gasteiger partial charge on any atom is 0.252 e. The summed E-state index contributed by atoms with van der Waals surface area (Å²) in [6.07, 6.45) is 0.940. The van der Waals surface area contributed by atoms with E-state index in [-0.39, 0.29) is 11.8 Å². The number of sulfonamides is 1. The minimum Gasteiger partial charge on any atom is -0.302 e. The zero-order valence-corrected chi connectivity index (χ0v) is 19.5. The molecule has 0 bridgehead atoms. The number of piperidine rings is 1. The number of hydrogen-bond acceptors (Lipinski definition) is 6. The number of benzene rings is 1. The van der Waals surface area contributed by atoms with Crippen molar-refractivity contribution in [3.8, 4) is 11.3 Å². The summed E-state index contributed by atoms with van der Waals surface area (Å²) in [4.78, 5) is 17.1. The molecule has 0 spiro atoms. The monoisotopic (exact) mass is 501 g/mol. The van der Waals surface area contributed by atoms with Crippen molar-refractivity contribution in [3.63, 3.8) is 0 Å². The van der Waals surface area contributed by atoms with Gasteiger partial charge in [-0.25, -0.2) is 13.4 Å². The summed E-state index contributed by atoms with van der Waals surface area (Å²) < 4.78 is 27.0. The van der Waals surface area contributed by atoms with E-state index in [2.05, 4.69) is 10.3 Å². The first-order valence-electron chi connectivity index (χ1n) is 9.10. The Morgan fingerprint density at radius 1 is 1.17 bits per heavy atom. The van der Waals surface area contributed by atoms with E-state index < -0.39 is 10.0 Å². The molecular weight excluding hydrogens is 485 g/mol. The summed E-state index contributed by atoms with van der Waals surface area (Å²) in [5, 5.41) is 7.92. The molecule has 158 valence electrons. The molecule has 3 aromatic rings. The van der Waals surface area contributed by atoms with Crippen molar-refractivity contribution in [1.29, 1.82) is 0 Å². The predicted molar refractivity (Wildman–Crippen MR) is 122 cm³/mol. The highest BCUT2D eigenvalue weighted by Gasteiger charge is 2.32. The molecule has 1 aliphatic rings. The molecular formula is C19H17Cl2N3O3S3. The van der Waals surface area contributed by atoms with E-state index in [0.717, 1.165) is 5.56 Å². The van der Waals surface area contributed by atoms with Gasteiger partial charge >= 0.3 is 0 Å². The SMILES string of the molecule is O=C(Nc1nc(-c2ccc(Cl)cc2Cl)cs1)C1CCN(S(=O)(=O)c2cccs2)CC1. The molecule has 0 radical (unpaired) electrons. The van der Waals surface area contributed by atoms with Gasteiger partial charge in [0.05, 0.1) is 10.7 Å². The van der Waals surface area contributed by atoms with Gasteiger partial charge in [-0.05, 0) is 42.5 Å². The van der Waals surface area contributed by atoms with E-state index >= 15 is 0 Å². The Balaban J connectivity index is 1.37. The number of thiazole rings is 1. The highest BCUT2D eigenvalue weighted by molar-refractivity contribution is 7.91. The van der Waals surface area contributed by atoms with Crippen LogP contribution >= 0.6 is 45.9 Å². The Morgan fingerprint density at radius 3 is 2.60 bits per heavy atom. The van der Waals surface area contributed by atoms with E-state index in [1.807, 2.05) is 5.38 Å². The van der Waals surface area contributed by atoms with E-state index in [0.29, 0.717) is 51.0 Å². The molecule has 1 aliphatic heterocycles. The largest absolute Gasteiger partial charge is 0.302 e. The molecule has 4 rings (SSSR count). The first-order chi connectivity index (χ1) is 14.3. The Kier molecular flexibility index (Phi) is 6.47. The number of nitrogens with zero attached hydrogens (tertiary/aromatic N) is 2. The Labute approximate surface area is 192 Å². The quantitative estimate of drug-likeness (QED) is 0.519. The average molecular weight is 502 g/mol. The van der Waals surface area contributed by atoms with Crippen molar-refractivity contribution in [1.82, 2.24) is 9.29 Å². The molecule has 1 saturated heterocycles. The first-order valence-corrected chi connectivity index (χ1v) is 13.1. The van der Waals surface area contributed by atoms with Crippen molar-refractivity contribution in [3.05, 3.63) is 51.1 Å². The molecule has 2 aromatic heterocycles. The molecule has 1 aromatic carbocycles. The molecule has 11 heteroatoms. The summed E-state index contributed by atoms with van der Waals surface area (Å²) in [7, 11) is -3.47. The van der Waals surface area contributed by atoms with Crippen molar-refractivity contribution < 1.29 is 13.2 Å². The summed E-state index contributed by atoms with van der Waals surface area (Å²) in [5.74, 6) is -0.405. The van der Waals surface area contributed by atoms with Crippen molar-refractivity contribution in [2.24, 2.45) is 5.92 Å². The Hall–Kier alpha value is -1.49. The molecule has 1 amide bonds.